The first-order valence-corrected chi connectivity index (χ1v) is 12.1. The summed E-state index contributed by atoms with van der Waals surface area (Å²) in [6.45, 7) is 2.11. The van der Waals surface area contributed by atoms with E-state index in [4.69, 9.17) is 0 Å². The lowest BCUT2D eigenvalue weighted by Crippen LogP contribution is -2.34. The Labute approximate surface area is 171 Å². The van der Waals surface area contributed by atoms with Gasteiger partial charge in [0.05, 0.1) is 5.25 Å². The van der Waals surface area contributed by atoms with E-state index in [1.165, 1.54) is 55.0 Å². The highest BCUT2D eigenvalue weighted by Crippen LogP contribution is 2.30. The average molecular weight is 401 g/mol. The smallest absolute Gasteiger partial charge is 0.150 e. The normalized spacial score (nSPS) is 17.7. The summed E-state index contributed by atoms with van der Waals surface area (Å²) < 4.78 is 25.2. The van der Waals surface area contributed by atoms with Crippen LogP contribution in [0.15, 0.2) is 60.7 Å². The summed E-state index contributed by atoms with van der Waals surface area (Å²) >= 11 is 0. The van der Waals surface area contributed by atoms with E-state index in [1.807, 2.05) is 12.1 Å². The van der Waals surface area contributed by atoms with Crippen LogP contribution in [0.4, 0.5) is 0 Å². The van der Waals surface area contributed by atoms with Crippen LogP contribution in [0, 0.1) is 17.4 Å². The van der Waals surface area contributed by atoms with Crippen molar-refractivity contribution in [2.45, 2.75) is 31.4 Å². The maximum absolute atomic E-state index is 12.6. The molecule has 2 nitrogen and oxygen atoms in total. The zero-order chi connectivity index (χ0) is 20.2. The van der Waals surface area contributed by atoms with Gasteiger partial charge in [0.15, 0.2) is 9.84 Å². The van der Waals surface area contributed by atoms with E-state index in [1.54, 1.807) is 0 Å². The van der Waals surface area contributed by atoms with Gasteiger partial charge in [-0.2, -0.15) is 0 Å². The molecule has 3 aromatic carbocycles. The number of rotatable bonds is 2. The minimum Gasteiger partial charge on any atom is -0.229 e. The minimum atomic E-state index is -3.14. The van der Waals surface area contributed by atoms with Gasteiger partial charge >= 0.3 is 0 Å². The zero-order valence-corrected chi connectivity index (χ0v) is 17.6. The first kappa shape index (κ1) is 18.4. The van der Waals surface area contributed by atoms with Gasteiger partial charge < -0.3 is 0 Å². The third kappa shape index (κ3) is 3.05. The Kier molecular flexibility index (Phi) is 4.25. The quantitative estimate of drug-likeness (QED) is 0.662. The van der Waals surface area contributed by atoms with E-state index >= 15 is 0 Å². The predicted octanol–water partition coefficient (Wildman–Crippen LogP) is 3.18. The van der Waals surface area contributed by atoms with Crippen molar-refractivity contribution in [3.05, 3.63) is 104 Å². The topological polar surface area (TPSA) is 34.1 Å². The second-order valence-electron chi connectivity index (χ2n) is 8.27. The predicted molar refractivity (Wildman–Crippen MR) is 119 cm³/mol. The number of hydrogen-bond donors (Lipinski definition) is 0. The lowest BCUT2D eigenvalue weighted by Gasteiger charge is -2.27. The first-order chi connectivity index (χ1) is 13.9. The summed E-state index contributed by atoms with van der Waals surface area (Å²) in [6, 6.07) is 21.2. The standard InChI is InChI=1S/C26H24O2S/c1-17-7-3-5-9-20(17)25-15-19(29(2,27)28)16-26-23-12-11-18-8-4-6-10-21(18)22(23)13-14-24(25)26/h3-11,13-14,19H,12,15-16H2,1-2H3. The molecule has 1 atom stereocenters. The van der Waals surface area contributed by atoms with Crippen LogP contribution in [0.3, 0.4) is 0 Å². The number of fused-ring (bicyclic) bond motifs is 4. The van der Waals surface area contributed by atoms with Crippen LogP contribution in [0.2, 0.25) is 0 Å². The first-order valence-electron chi connectivity index (χ1n) is 10.1. The second-order valence-corrected chi connectivity index (χ2v) is 10.6. The minimum absolute atomic E-state index is 0.367. The molecule has 3 aromatic rings. The fraction of sp³-hybridized carbons (Fsp3) is 0.231. The van der Waals surface area contributed by atoms with Crippen LogP contribution < -0.4 is 10.4 Å². The molecule has 3 heteroatoms. The Bertz CT molecular complexity index is 1460. The van der Waals surface area contributed by atoms with E-state index in [9.17, 15) is 8.42 Å². The van der Waals surface area contributed by atoms with Crippen molar-refractivity contribution in [2.24, 2.45) is 0 Å². The average Bonchev–Trinajstić information content (AvgIpc) is 2.72. The fourth-order valence-electron chi connectivity index (χ4n) is 4.93. The van der Waals surface area contributed by atoms with Crippen LogP contribution in [0.25, 0.3) is 11.6 Å². The van der Waals surface area contributed by atoms with Crippen LogP contribution >= 0.6 is 0 Å². The molecule has 2 aliphatic rings. The Morgan fingerprint density at radius 2 is 1.52 bits per heavy atom. The summed E-state index contributed by atoms with van der Waals surface area (Å²) in [4.78, 5) is 0. The molecule has 0 radical (unpaired) electrons. The monoisotopic (exact) mass is 400 g/mol. The molecule has 0 aliphatic heterocycles. The molecule has 0 heterocycles. The molecule has 29 heavy (non-hydrogen) atoms. The van der Waals surface area contributed by atoms with Gasteiger partial charge in [0, 0.05) is 6.26 Å². The van der Waals surface area contributed by atoms with Crippen molar-refractivity contribution in [3.63, 3.8) is 0 Å². The molecule has 0 amide bonds. The van der Waals surface area contributed by atoms with Gasteiger partial charge in [-0.3, -0.25) is 0 Å². The molecule has 0 aromatic heterocycles. The van der Waals surface area contributed by atoms with Crippen molar-refractivity contribution in [1.29, 1.82) is 0 Å². The van der Waals surface area contributed by atoms with Gasteiger partial charge in [-0.25, -0.2) is 8.42 Å². The third-order valence-corrected chi connectivity index (χ3v) is 8.02. The molecule has 2 aliphatic carbocycles. The van der Waals surface area contributed by atoms with Crippen LogP contribution in [0.5, 0.6) is 0 Å². The van der Waals surface area contributed by atoms with Crippen molar-refractivity contribution in [3.8, 4) is 0 Å². The summed E-state index contributed by atoms with van der Waals surface area (Å²) in [5.74, 6) is 0. The molecular formula is C26H24O2S. The van der Waals surface area contributed by atoms with Crippen LogP contribution in [-0.2, 0) is 22.7 Å². The molecular weight excluding hydrogens is 376 g/mol. The van der Waals surface area contributed by atoms with Crippen molar-refractivity contribution in [1.82, 2.24) is 0 Å². The molecule has 0 spiro atoms. The molecule has 0 saturated heterocycles. The SMILES string of the molecule is Cc1ccccc1C1=c2ccc3c(c2CC(S(C)(=O)=O)C1)CC=c1ccccc1=3. The summed E-state index contributed by atoms with van der Waals surface area (Å²) in [7, 11) is -3.14. The molecule has 0 saturated carbocycles. The maximum atomic E-state index is 12.6. The van der Waals surface area contributed by atoms with Crippen molar-refractivity contribution in [2.75, 3.05) is 6.26 Å². The second kappa shape index (κ2) is 6.70. The number of sulfone groups is 1. The Balaban J connectivity index is 1.91. The number of hydrogen-bond acceptors (Lipinski definition) is 2. The number of benzene rings is 3. The lowest BCUT2D eigenvalue weighted by atomic mass is 9.83. The van der Waals surface area contributed by atoms with Gasteiger partial charge in [0.2, 0.25) is 0 Å². The Morgan fingerprint density at radius 1 is 0.793 bits per heavy atom. The van der Waals surface area contributed by atoms with Crippen molar-refractivity contribution < 1.29 is 8.42 Å². The van der Waals surface area contributed by atoms with Crippen molar-refractivity contribution >= 4 is 21.5 Å². The van der Waals surface area contributed by atoms with E-state index in [-0.39, 0.29) is 5.25 Å². The summed E-state index contributed by atoms with van der Waals surface area (Å²) in [6.07, 6.45) is 5.69. The largest absolute Gasteiger partial charge is 0.229 e. The van der Waals surface area contributed by atoms with Gasteiger partial charge in [0.25, 0.3) is 0 Å². The molecule has 5 rings (SSSR count). The van der Waals surface area contributed by atoms with E-state index in [2.05, 4.69) is 61.5 Å². The summed E-state index contributed by atoms with van der Waals surface area (Å²) in [5.41, 5.74) is 6.04. The van der Waals surface area contributed by atoms with E-state index in [0.717, 1.165) is 6.42 Å². The van der Waals surface area contributed by atoms with Gasteiger partial charge in [-0.05, 0) is 74.9 Å². The van der Waals surface area contributed by atoms with E-state index in [0.29, 0.717) is 12.8 Å². The highest BCUT2D eigenvalue weighted by atomic mass is 32.2. The Morgan fingerprint density at radius 3 is 2.31 bits per heavy atom. The van der Waals surface area contributed by atoms with Gasteiger partial charge in [-0.15, -0.1) is 0 Å². The highest BCUT2D eigenvalue weighted by molar-refractivity contribution is 7.91. The number of aryl methyl sites for hydroxylation is 1. The third-order valence-electron chi connectivity index (χ3n) is 6.47. The molecule has 0 bridgehead atoms. The van der Waals surface area contributed by atoms with Crippen LogP contribution in [-0.4, -0.2) is 19.9 Å². The fourth-order valence-corrected chi connectivity index (χ4v) is 5.87. The molecule has 146 valence electrons. The highest BCUT2D eigenvalue weighted by Gasteiger charge is 2.30. The zero-order valence-electron chi connectivity index (χ0n) is 16.8. The van der Waals surface area contributed by atoms with E-state index < -0.39 is 9.84 Å². The van der Waals surface area contributed by atoms with Gasteiger partial charge in [-0.1, -0.05) is 66.7 Å². The summed E-state index contributed by atoms with van der Waals surface area (Å²) in [5, 5.41) is 4.62. The molecule has 0 N–H and O–H groups in total. The Hall–Kier alpha value is -2.65. The molecule has 1 unspecified atom stereocenters. The molecule has 0 fully saturated rings. The van der Waals surface area contributed by atoms with Gasteiger partial charge in [0.1, 0.15) is 0 Å². The maximum Gasteiger partial charge on any atom is 0.150 e. The van der Waals surface area contributed by atoms with Crippen LogP contribution in [0.1, 0.15) is 28.7 Å². The lowest BCUT2D eigenvalue weighted by molar-refractivity contribution is 0.582.